The first-order valence-electron chi connectivity index (χ1n) is 10.0. The molecule has 3 aromatic rings. The highest BCUT2D eigenvalue weighted by atomic mass is 19.1. The predicted octanol–water partition coefficient (Wildman–Crippen LogP) is 1.03. The molecule has 0 unspecified atom stereocenters. The molecule has 2 aromatic heterocycles. The summed E-state index contributed by atoms with van der Waals surface area (Å²) in [4.78, 5) is 43.4. The lowest BCUT2D eigenvalue weighted by atomic mass is 10.2. The van der Waals surface area contributed by atoms with E-state index in [1.807, 2.05) is 4.90 Å². The molecule has 9 nitrogen and oxygen atoms in total. The van der Waals surface area contributed by atoms with Gasteiger partial charge < -0.3 is 9.30 Å². The molecule has 0 fully saturated rings. The SMILES string of the molecule is CCOC(=O)CN(CCCn1c(=O)c2c(ncn2C)n(C)c1=O)Cc1ccc(F)cc1. The minimum atomic E-state index is -0.438. The molecule has 166 valence electrons. The second-order valence-corrected chi connectivity index (χ2v) is 7.32. The van der Waals surface area contributed by atoms with Crippen molar-refractivity contribution in [3.05, 3.63) is 62.8 Å². The molecular formula is C21H26FN5O4. The molecule has 1 aromatic carbocycles. The van der Waals surface area contributed by atoms with Crippen LogP contribution in [0.15, 0.2) is 40.2 Å². The third kappa shape index (κ3) is 5.08. The summed E-state index contributed by atoms with van der Waals surface area (Å²) in [6.45, 7) is 3.11. The number of fused-ring (bicyclic) bond motifs is 1. The summed E-state index contributed by atoms with van der Waals surface area (Å²) in [5.41, 5.74) is 0.709. The third-order valence-corrected chi connectivity index (χ3v) is 5.03. The van der Waals surface area contributed by atoms with Crippen LogP contribution in [0.4, 0.5) is 4.39 Å². The topological polar surface area (TPSA) is 91.4 Å². The molecule has 10 heteroatoms. The number of hydrogen-bond donors (Lipinski definition) is 0. The van der Waals surface area contributed by atoms with Gasteiger partial charge >= 0.3 is 11.7 Å². The number of carbonyl (C=O) groups excluding carboxylic acids is 1. The van der Waals surface area contributed by atoms with Crippen molar-refractivity contribution in [3.8, 4) is 0 Å². The van der Waals surface area contributed by atoms with Gasteiger partial charge in [0.1, 0.15) is 5.82 Å². The van der Waals surface area contributed by atoms with Crippen molar-refractivity contribution < 1.29 is 13.9 Å². The number of nitrogens with zero attached hydrogens (tertiary/aromatic N) is 5. The summed E-state index contributed by atoms with van der Waals surface area (Å²) in [5, 5.41) is 0. The van der Waals surface area contributed by atoms with E-state index >= 15 is 0 Å². The number of aryl methyl sites for hydroxylation is 2. The lowest BCUT2D eigenvalue weighted by molar-refractivity contribution is -0.144. The van der Waals surface area contributed by atoms with Crippen molar-refractivity contribution in [2.75, 3.05) is 19.7 Å². The maximum absolute atomic E-state index is 13.2. The van der Waals surface area contributed by atoms with E-state index in [0.29, 0.717) is 30.7 Å². The first-order chi connectivity index (χ1) is 14.8. The van der Waals surface area contributed by atoms with Gasteiger partial charge in [-0.15, -0.1) is 0 Å². The van der Waals surface area contributed by atoms with Gasteiger partial charge in [0.15, 0.2) is 11.2 Å². The van der Waals surface area contributed by atoms with Gasteiger partial charge in [-0.05, 0) is 31.0 Å². The van der Waals surface area contributed by atoms with E-state index in [9.17, 15) is 18.8 Å². The molecule has 2 heterocycles. The number of rotatable bonds is 9. The van der Waals surface area contributed by atoms with E-state index in [-0.39, 0.29) is 31.5 Å². The van der Waals surface area contributed by atoms with Gasteiger partial charge in [0, 0.05) is 33.7 Å². The summed E-state index contributed by atoms with van der Waals surface area (Å²) in [7, 11) is 3.28. The van der Waals surface area contributed by atoms with Crippen molar-refractivity contribution in [1.82, 2.24) is 23.6 Å². The Morgan fingerprint density at radius 3 is 2.58 bits per heavy atom. The second-order valence-electron chi connectivity index (χ2n) is 7.32. The Labute approximate surface area is 178 Å². The average molecular weight is 431 g/mol. The minimum absolute atomic E-state index is 0.0545. The highest BCUT2D eigenvalue weighted by Crippen LogP contribution is 2.08. The van der Waals surface area contributed by atoms with Crippen LogP contribution in [0.2, 0.25) is 0 Å². The fraction of sp³-hybridized carbons (Fsp3) is 0.429. The molecule has 0 amide bonds. The standard InChI is InChI=1S/C21H26FN5O4/c1-4-31-17(28)13-26(12-15-6-8-16(22)9-7-15)10-5-11-27-20(29)18-19(23-14-24(18)2)25(3)21(27)30/h6-9,14H,4-5,10-13H2,1-3H3. The number of benzene rings is 1. The van der Waals surface area contributed by atoms with Crippen LogP contribution >= 0.6 is 0 Å². The van der Waals surface area contributed by atoms with E-state index in [0.717, 1.165) is 5.56 Å². The summed E-state index contributed by atoms with van der Waals surface area (Å²) < 4.78 is 22.4. The van der Waals surface area contributed by atoms with Gasteiger partial charge in [0.25, 0.3) is 5.56 Å². The fourth-order valence-corrected chi connectivity index (χ4v) is 3.50. The molecule has 3 rings (SSSR count). The van der Waals surface area contributed by atoms with E-state index in [1.165, 1.54) is 27.6 Å². The van der Waals surface area contributed by atoms with Crippen LogP contribution < -0.4 is 11.2 Å². The first kappa shape index (κ1) is 22.4. The number of aromatic nitrogens is 4. The van der Waals surface area contributed by atoms with Crippen molar-refractivity contribution >= 4 is 17.1 Å². The second kappa shape index (κ2) is 9.69. The molecule has 0 N–H and O–H groups in total. The minimum Gasteiger partial charge on any atom is -0.465 e. The Morgan fingerprint density at radius 2 is 1.90 bits per heavy atom. The largest absolute Gasteiger partial charge is 0.465 e. The van der Waals surface area contributed by atoms with Gasteiger partial charge in [-0.25, -0.2) is 14.2 Å². The zero-order chi connectivity index (χ0) is 22.5. The van der Waals surface area contributed by atoms with E-state index < -0.39 is 11.2 Å². The van der Waals surface area contributed by atoms with Gasteiger partial charge in [-0.2, -0.15) is 0 Å². The average Bonchev–Trinajstić information content (AvgIpc) is 3.12. The number of carbonyl (C=O) groups is 1. The summed E-state index contributed by atoms with van der Waals surface area (Å²) >= 11 is 0. The Bertz CT molecular complexity index is 1180. The molecule has 0 bridgehead atoms. The van der Waals surface area contributed by atoms with Gasteiger partial charge in [-0.1, -0.05) is 12.1 Å². The van der Waals surface area contributed by atoms with Crippen LogP contribution in [-0.4, -0.2) is 49.3 Å². The Kier molecular flexibility index (Phi) is 7.01. The number of hydrogen-bond acceptors (Lipinski definition) is 6. The number of esters is 1. The lowest BCUT2D eigenvalue weighted by Gasteiger charge is -2.21. The summed E-state index contributed by atoms with van der Waals surface area (Å²) in [5.74, 6) is -0.699. The molecule has 0 aliphatic rings. The Morgan fingerprint density at radius 1 is 1.19 bits per heavy atom. The van der Waals surface area contributed by atoms with Gasteiger partial charge in [0.05, 0.1) is 19.5 Å². The zero-order valence-electron chi connectivity index (χ0n) is 17.9. The van der Waals surface area contributed by atoms with E-state index in [1.54, 1.807) is 37.7 Å². The van der Waals surface area contributed by atoms with Crippen molar-refractivity contribution in [2.45, 2.75) is 26.4 Å². The Hall–Kier alpha value is -3.27. The van der Waals surface area contributed by atoms with Crippen LogP contribution in [0.3, 0.4) is 0 Å². The van der Waals surface area contributed by atoms with Crippen molar-refractivity contribution in [1.29, 1.82) is 0 Å². The molecule has 0 aliphatic carbocycles. The Balaban J connectivity index is 1.76. The quantitative estimate of drug-likeness (QED) is 0.470. The van der Waals surface area contributed by atoms with E-state index in [4.69, 9.17) is 4.74 Å². The van der Waals surface area contributed by atoms with Crippen LogP contribution in [0.1, 0.15) is 18.9 Å². The summed E-state index contributed by atoms with van der Waals surface area (Å²) in [6, 6.07) is 6.04. The third-order valence-electron chi connectivity index (χ3n) is 5.03. The smallest absolute Gasteiger partial charge is 0.332 e. The van der Waals surface area contributed by atoms with Crippen LogP contribution in [0, 0.1) is 5.82 Å². The highest BCUT2D eigenvalue weighted by molar-refractivity contribution is 5.71. The van der Waals surface area contributed by atoms with Crippen molar-refractivity contribution in [2.24, 2.45) is 14.1 Å². The molecule has 0 aliphatic heterocycles. The van der Waals surface area contributed by atoms with Crippen LogP contribution in [0.5, 0.6) is 0 Å². The number of ether oxygens (including phenoxy) is 1. The zero-order valence-corrected chi connectivity index (χ0v) is 17.9. The van der Waals surface area contributed by atoms with Gasteiger partial charge in [0.2, 0.25) is 0 Å². The van der Waals surface area contributed by atoms with Crippen LogP contribution in [-0.2, 0) is 36.7 Å². The molecule has 31 heavy (non-hydrogen) atoms. The molecule has 0 radical (unpaired) electrons. The molecular weight excluding hydrogens is 405 g/mol. The predicted molar refractivity (Wildman–Crippen MR) is 113 cm³/mol. The molecule has 0 saturated heterocycles. The monoisotopic (exact) mass is 431 g/mol. The maximum Gasteiger partial charge on any atom is 0.332 e. The fourth-order valence-electron chi connectivity index (χ4n) is 3.50. The van der Waals surface area contributed by atoms with Crippen LogP contribution in [0.25, 0.3) is 11.2 Å². The maximum atomic E-state index is 13.2. The first-order valence-corrected chi connectivity index (χ1v) is 10.0. The molecule has 0 atom stereocenters. The molecule has 0 spiro atoms. The number of halogens is 1. The normalized spacial score (nSPS) is 11.4. The highest BCUT2D eigenvalue weighted by Gasteiger charge is 2.16. The lowest BCUT2D eigenvalue weighted by Crippen LogP contribution is -2.40. The van der Waals surface area contributed by atoms with Gasteiger partial charge in [-0.3, -0.25) is 23.6 Å². The molecule has 0 saturated carbocycles. The van der Waals surface area contributed by atoms with E-state index in [2.05, 4.69) is 4.98 Å². The number of imidazole rings is 1. The summed E-state index contributed by atoms with van der Waals surface area (Å²) in [6.07, 6.45) is 1.96. The van der Waals surface area contributed by atoms with Crippen molar-refractivity contribution in [3.63, 3.8) is 0 Å².